The van der Waals surface area contributed by atoms with Crippen LogP contribution in [0.1, 0.15) is 18.4 Å². The molecule has 1 aromatic carbocycles. The van der Waals surface area contributed by atoms with Gasteiger partial charge in [0, 0.05) is 17.3 Å². The molecule has 0 saturated heterocycles. The number of ether oxygens (including phenoxy) is 1. The molecule has 92 valence electrons. The van der Waals surface area contributed by atoms with E-state index in [1.165, 1.54) is 7.11 Å². The fraction of sp³-hybridized carbons (Fsp3) is 0.417. The fourth-order valence-electron chi connectivity index (χ4n) is 2.26. The summed E-state index contributed by atoms with van der Waals surface area (Å²) >= 11 is 3.26. The third kappa shape index (κ3) is 2.08. The van der Waals surface area contributed by atoms with Gasteiger partial charge in [-0.25, -0.2) is 8.78 Å². The van der Waals surface area contributed by atoms with Gasteiger partial charge < -0.3 is 4.74 Å². The Labute approximate surface area is 106 Å². The third-order valence-electron chi connectivity index (χ3n) is 3.09. The van der Waals surface area contributed by atoms with Crippen LogP contribution in [0.2, 0.25) is 0 Å². The van der Waals surface area contributed by atoms with E-state index in [-0.39, 0.29) is 0 Å². The zero-order chi connectivity index (χ0) is 12.7. The van der Waals surface area contributed by atoms with E-state index in [1.54, 1.807) is 24.3 Å². The molecule has 0 aromatic heterocycles. The topological polar surface area (TPSA) is 26.3 Å². The number of hydrogen-bond acceptors (Lipinski definition) is 2. The molecule has 2 rings (SSSR count). The predicted octanol–water partition coefficient (Wildman–Crippen LogP) is 3.29. The van der Waals surface area contributed by atoms with Gasteiger partial charge in [-0.1, -0.05) is 28.1 Å². The Hall–Kier alpha value is -0.970. The molecule has 0 spiro atoms. The second kappa shape index (κ2) is 4.05. The van der Waals surface area contributed by atoms with E-state index < -0.39 is 30.1 Å². The molecule has 0 amide bonds. The third-order valence-corrected chi connectivity index (χ3v) is 3.62. The van der Waals surface area contributed by atoms with Crippen LogP contribution < -0.4 is 0 Å². The van der Waals surface area contributed by atoms with Gasteiger partial charge in [0.1, 0.15) is 5.41 Å². The average molecular weight is 305 g/mol. The number of esters is 1. The van der Waals surface area contributed by atoms with Gasteiger partial charge in [0.15, 0.2) is 0 Å². The van der Waals surface area contributed by atoms with Crippen molar-refractivity contribution in [2.24, 2.45) is 0 Å². The first-order valence-electron chi connectivity index (χ1n) is 5.12. The number of halogens is 3. The van der Waals surface area contributed by atoms with Crippen molar-refractivity contribution in [2.75, 3.05) is 7.11 Å². The number of hydrogen-bond donors (Lipinski definition) is 0. The molecule has 5 heteroatoms. The molecule has 0 bridgehead atoms. The maximum atomic E-state index is 13.1. The second-order valence-electron chi connectivity index (χ2n) is 4.29. The van der Waals surface area contributed by atoms with E-state index >= 15 is 0 Å². The van der Waals surface area contributed by atoms with Crippen molar-refractivity contribution in [2.45, 2.75) is 24.2 Å². The van der Waals surface area contributed by atoms with Crippen LogP contribution in [0.4, 0.5) is 8.78 Å². The van der Waals surface area contributed by atoms with Crippen molar-refractivity contribution < 1.29 is 18.3 Å². The summed E-state index contributed by atoms with van der Waals surface area (Å²) < 4.78 is 31.6. The Bertz CT molecular complexity index is 434. The minimum atomic E-state index is -2.78. The minimum Gasteiger partial charge on any atom is -0.468 e. The summed E-state index contributed by atoms with van der Waals surface area (Å²) in [4.78, 5) is 11.7. The van der Waals surface area contributed by atoms with Crippen LogP contribution in [0.3, 0.4) is 0 Å². The summed E-state index contributed by atoms with van der Waals surface area (Å²) in [7, 11) is 1.22. The summed E-state index contributed by atoms with van der Waals surface area (Å²) in [6.45, 7) is 0. The smallest absolute Gasteiger partial charge is 0.316 e. The molecule has 0 atom stereocenters. The normalized spacial score (nSPS) is 20.5. The van der Waals surface area contributed by atoms with Crippen molar-refractivity contribution in [3.63, 3.8) is 0 Å². The Morgan fingerprint density at radius 3 is 2.24 bits per heavy atom. The van der Waals surface area contributed by atoms with Crippen molar-refractivity contribution in [1.29, 1.82) is 0 Å². The van der Waals surface area contributed by atoms with Gasteiger partial charge >= 0.3 is 5.97 Å². The molecule has 0 heterocycles. The molecule has 17 heavy (non-hydrogen) atoms. The Balaban J connectivity index is 2.36. The van der Waals surface area contributed by atoms with Gasteiger partial charge in [0.25, 0.3) is 5.92 Å². The van der Waals surface area contributed by atoms with E-state index in [1.807, 2.05) is 0 Å². The van der Waals surface area contributed by atoms with Gasteiger partial charge in [0.2, 0.25) is 0 Å². The first-order chi connectivity index (χ1) is 7.89. The number of alkyl halides is 2. The van der Waals surface area contributed by atoms with Crippen molar-refractivity contribution in [3.05, 3.63) is 34.3 Å². The molecule has 0 unspecified atom stereocenters. The van der Waals surface area contributed by atoms with Gasteiger partial charge in [0.05, 0.1) is 7.11 Å². The van der Waals surface area contributed by atoms with Crippen LogP contribution in [-0.2, 0) is 14.9 Å². The molecule has 1 saturated carbocycles. The van der Waals surface area contributed by atoms with Gasteiger partial charge in [-0.05, 0) is 17.7 Å². The lowest BCUT2D eigenvalue weighted by Gasteiger charge is -2.45. The van der Waals surface area contributed by atoms with E-state index in [2.05, 4.69) is 20.7 Å². The molecular weight excluding hydrogens is 294 g/mol. The van der Waals surface area contributed by atoms with Crippen LogP contribution in [0, 0.1) is 0 Å². The molecule has 1 aliphatic carbocycles. The molecule has 0 N–H and O–H groups in total. The van der Waals surface area contributed by atoms with E-state index in [0.29, 0.717) is 5.56 Å². The molecule has 1 fully saturated rings. The SMILES string of the molecule is COC(=O)C1(c2ccc(Br)cc2)CC(F)(F)C1. The number of benzene rings is 1. The van der Waals surface area contributed by atoms with Crippen LogP contribution in [-0.4, -0.2) is 19.0 Å². The highest BCUT2D eigenvalue weighted by Crippen LogP contribution is 2.54. The molecule has 0 radical (unpaired) electrons. The Kier molecular flexibility index (Phi) is 2.97. The predicted molar refractivity (Wildman–Crippen MR) is 62.0 cm³/mol. The minimum absolute atomic E-state index is 0.478. The first kappa shape index (κ1) is 12.5. The zero-order valence-corrected chi connectivity index (χ0v) is 10.8. The quantitative estimate of drug-likeness (QED) is 0.784. The summed E-state index contributed by atoms with van der Waals surface area (Å²) in [6, 6.07) is 6.82. The fourth-order valence-corrected chi connectivity index (χ4v) is 2.53. The maximum Gasteiger partial charge on any atom is 0.316 e. The number of methoxy groups -OCH3 is 1. The largest absolute Gasteiger partial charge is 0.468 e. The van der Waals surface area contributed by atoms with Crippen LogP contribution in [0.15, 0.2) is 28.7 Å². The average Bonchev–Trinajstić information content (AvgIpc) is 2.25. The summed E-state index contributed by atoms with van der Waals surface area (Å²) in [5.41, 5.74) is -0.600. The summed E-state index contributed by atoms with van der Waals surface area (Å²) in [5, 5.41) is 0. The number of rotatable bonds is 2. The van der Waals surface area contributed by atoms with Crippen molar-refractivity contribution in [3.8, 4) is 0 Å². The Morgan fingerprint density at radius 1 is 1.29 bits per heavy atom. The lowest BCUT2D eigenvalue weighted by atomic mass is 9.62. The highest BCUT2D eigenvalue weighted by molar-refractivity contribution is 9.10. The van der Waals surface area contributed by atoms with Gasteiger partial charge in [-0.2, -0.15) is 0 Å². The highest BCUT2D eigenvalue weighted by atomic mass is 79.9. The second-order valence-corrected chi connectivity index (χ2v) is 5.21. The van der Waals surface area contributed by atoms with E-state index in [9.17, 15) is 13.6 Å². The lowest BCUT2D eigenvalue weighted by molar-refractivity contribution is -0.177. The van der Waals surface area contributed by atoms with Gasteiger partial charge in [-0.3, -0.25) is 4.79 Å². The van der Waals surface area contributed by atoms with Gasteiger partial charge in [-0.15, -0.1) is 0 Å². The number of carbonyl (C=O) groups excluding carboxylic acids is 1. The first-order valence-corrected chi connectivity index (χ1v) is 5.91. The van der Waals surface area contributed by atoms with Crippen LogP contribution in [0.5, 0.6) is 0 Å². The Morgan fingerprint density at radius 2 is 1.82 bits per heavy atom. The summed E-state index contributed by atoms with van der Waals surface area (Å²) in [6.07, 6.45) is -0.956. The molecular formula is C12H11BrF2O2. The van der Waals surface area contributed by atoms with E-state index in [4.69, 9.17) is 0 Å². The van der Waals surface area contributed by atoms with Crippen LogP contribution >= 0.6 is 15.9 Å². The van der Waals surface area contributed by atoms with Crippen LogP contribution in [0.25, 0.3) is 0 Å². The van der Waals surface area contributed by atoms with Crippen molar-refractivity contribution >= 4 is 21.9 Å². The molecule has 2 nitrogen and oxygen atoms in total. The number of carbonyl (C=O) groups is 1. The van der Waals surface area contributed by atoms with Crippen molar-refractivity contribution in [1.82, 2.24) is 0 Å². The molecule has 0 aliphatic heterocycles. The standard InChI is InChI=1S/C12H11BrF2O2/c1-17-10(16)11(6-12(14,15)7-11)8-2-4-9(13)5-3-8/h2-5H,6-7H2,1H3. The monoisotopic (exact) mass is 304 g/mol. The maximum absolute atomic E-state index is 13.1. The highest BCUT2D eigenvalue weighted by Gasteiger charge is 2.62. The molecule has 1 aliphatic rings. The molecule has 1 aromatic rings. The summed E-state index contributed by atoms with van der Waals surface area (Å²) in [5.74, 6) is -3.37. The van der Waals surface area contributed by atoms with E-state index in [0.717, 1.165) is 4.47 Å². The zero-order valence-electron chi connectivity index (χ0n) is 9.17. The lowest BCUT2D eigenvalue weighted by Crippen LogP contribution is -2.54.